The van der Waals surface area contributed by atoms with Crippen LogP contribution in [0, 0.1) is 0 Å². The number of hydrogen-bond acceptors (Lipinski definition) is 7. The number of nitrogens with two attached hydrogens (primary N) is 1. The Morgan fingerprint density at radius 1 is 1.24 bits per heavy atom. The predicted molar refractivity (Wildman–Crippen MR) is 84.2 cm³/mol. The molecule has 130 valence electrons. The van der Waals surface area contributed by atoms with Crippen LogP contribution in [0.5, 0.6) is 11.8 Å². The molecule has 0 fully saturated rings. The van der Waals surface area contributed by atoms with Crippen molar-refractivity contribution in [3.8, 4) is 22.9 Å². The summed E-state index contributed by atoms with van der Waals surface area (Å²) in [5, 5.41) is 4.01. The van der Waals surface area contributed by atoms with Gasteiger partial charge in [-0.3, -0.25) is 0 Å². The number of rotatable bonds is 6. The molecule has 0 saturated heterocycles. The third-order valence-corrected chi connectivity index (χ3v) is 3.26. The fourth-order valence-electron chi connectivity index (χ4n) is 2.26. The molecule has 0 aliphatic carbocycles. The van der Waals surface area contributed by atoms with Crippen LogP contribution in [0.2, 0.25) is 0 Å². The molecule has 0 atom stereocenters. The fraction of sp³-hybridized carbons (Fsp3) is 0.200. The molecule has 3 aromatic heterocycles. The molecular formula is C15H14F2N6O2. The van der Waals surface area contributed by atoms with Crippen LogP contribution < -0.4 is 15.2 Å². The highest BCUT2D eigenvalue weighted by atomic mass is 19.3. The van der Waals surface area contributed by atoms with Crippen LogP contribution in [-0.4, -0.2) is 38.5 Å². The van der Waals surface area contributed by atoms with Crippen LogP contribution in [-0.2, 0) is 6.54 Å². The molecule has 0 aliphatic heterocycles. The number of ether oxygens (including phenoxy) is 2. The van der Waals surface area contributed by atoms with Gasteiger partial charge >= 0.3 is 6.61 Å². The van der Waals surface area contributed by atoms with Gasteiger partial charge in [0.1, 0.15) is 6.33 Å². The first-order valence-corrected chi connectivity index (χ1v) is 7.14. The SMILES string of the molecule is COc1ncc(Cn2cnc(N)n2)cc1-c1ccnc(OC(F)F)c1. The van der Waals surface area contributed by atoms with E-state index in [1.165, 1.54) is 25.7 Å². The third-order valence-electron chi connectivity index (χ3n) is 3.26. The van der Waals surface area contributed by atoms with Crippen LogP contribution in [0.4, 0.5) is 14.7 Å². The molecule has 2 N–H and O–H groups in total. The number of nitrogen functional groups attached to an aromatic ring is 1. The summed E-state index contributed by atoms with van der Waals surface area (Å²) in [6, 6.07) is 4.85. The van der Waals surface area contributed by atoms with Gasteiger partial charge in [0.25, 0.3) is 0 Å². The molecule has 0 saturated carbocycles. The maximum absolute atomic E-state index is 12.4. The second-order valence-electron chi connectivity index (χ2n) is 4.96. The van der Waals surface area contributed by atoms with Crippen LogP contribution in [0.25, 0.3) is 11.1 Å². The summed E-state index contributed by atoms with van der Waals surface area (Å²) < 4.78 is 35.9. The zero-order chi connectivity index (χ0) is 17.8. The van der Waals surface area contributed by atoms with E-state index >= 15 is 0 Å². The quantitative estimate of drug-likeness (QED) is 0.727. The van der Waals surface area contributed by atoms with Gasteiger partial charge in [-0.2, -0.15) is 8.78 Å². The van der Waals surface area contributed by atoms with E-state index < -0.39 is 6.61 Å². The van der Waals surface area contributed by atoms with Gasteiger partial charge in [-0.1, -0.05) is 0 Å². The van der Waals surface area contributed by atoms with Gasteiger partial charge in [0.05, 0.1) is 13.7 Å². The summed E-state index contributed by atoms with van der Waals surface area (Å²) in [5.74, 6) is 0.324. The number of methoxy groups -OCH3 is 1. The molecule has 0 amide bonds. The second kappa shape index (κ2) is 7.07. The predicted octanol–water partition coefficient (Wildman–Crippen LogP) is 1.98. The molecule has 25 heavy (non-hydrogen) atoms. The van der Waals surface area contributed by atoms with Crippen molar-refractivity contribution in [3.63, 3.8) is 0 Å². The summed E-state index contributed by atoms with van der Waals surface area (Å²) in [5.41, 5.74) is 7.48. The first-order chi connectivity index (χ1) is 12.0. The lowest BCUT2D eigenvalue weighted by Gasteiger charge is -2.11. The van der Waals surface area contributed by atoms with E-state index in [1.807, 2.05) is 6.07 Å². The Bertz CT molecular complexity index is 871. The van der Waals surface area contributed by atoms with Gasteiger partial charge < -0.3 is 15.2 Å². The molecule has 0 unspecified atom stereocenters. The second-order valence-corrected chi connectivity index (χ2v) is 4.96. The lowest BCUT2D eigenvalue weighted by Crippen LogP contribution is -2.04. The van der Waals surface area contributed by atoms with Crippen molar-refractivity contribution in [1.29, 1.82) is 0 Å². The number of pyridine rings is 2. The maximum atomic E-state index is 12.4. The standard InChI is InChI=1S/C15H14F2N6O2/c1-24-13-11(10-2-3-19-12(5-10)25-14(16)17)4-9(6-20-13)7-23-8-21-15(18)22-23/h2-6,8,14H,7H2,1H3,(H2,18,22). The molecule has 0 spiro atoms. The van der Waals surface area contributed by atoms with Gasteiger partial charge in [0, 0.05) is 24.0 Å². The average Bonchev–Trinajstić information content (AvgIpc) is 2.99. The van der Waals surface area contributed by atoms with Crippen molar-refractivity contribution in [2.75, 3.05) is 12.8 Å². The largest absolute Gasteiger partial charge is 0.481 e. The summed E-state index contributed by atoms with van der Waals surface area (Å²) in [7, 11) is 1.47. The summed E-state index contributed by atoms with van der Waals surface area (Å²) in [6.45, 7) is -2.56. The number of aromatic nitrogens is 5. The van der Waals surface area contributed by atoms with Crippen molar-refractivity contribution in [1.82, 2.24) is 24.7 Å². The van der Waals surface area contributed by atoms with E-state index in [9.17, 15) is 8.78 Å². The van der Waals surface area contributed by atoms with Gasteiger partial charge in [-0.15, -0.1) is 5.10 Å². The highest BCUT2D eigenvalue weighted by molar-refractivity contribution is 5.69. The van der Waals surface area contributed by atoms with Gasteiger partial charge in [-0.25, -0.2) is 19.6 Å². The monoisotopic (exact) mass is 348 g/mol. The van der Waals surface area contributed by atoms with Gasteiger partial charge in [0.15, 0.2) is 0 Å². The summed E-state index contributed by atoms with van der Waals surface area (Å²) >= 11 is 0. The number of hydrogen-bond donors (Lipinski definition) is 1. The van der Waals surface area contributed by atoms with Crippen LogP contribution >= 0.6 is 0 Å². The molecule has 3 rings (SSSR count). The highest BCUT2D eigenvalue weighted by Gasteiger charge is 2.12. The van der Waals surface area contributed by atoms with Crippen LogP contribution in [0.1, 0.15) is 5.56 Å². The van der Waals surface area contributed by atoms with Crippen molar-refractivity contribution in [3.05, 3.63) is 42.5 Å². The minimum atomic E-state index is -2.95. The molecule has 0 radical (unpaired) electrons. The molecule has 8 nitrogen and oxygen atoms in total. The Kier molecular flexibility index (Phi) is 4.68. The zero-order valence-electron chi connectivity index (χ0n) is 13.1. The van der Waals surface area contributed by atoms with Gasteiger partial charge in [-0.05, 0) is 23.3 Å². The fourth-order valence-corrected chi connectivity index (χ4v) is 2.26. The molecule has 0 aromatic carbocycles. The molecule has 10 heteroatoms. The molecule has 3 aromatic rings. The smallest absolute Gasteiger partial charge is 0.388 e. The van der Waals surface area contributed by atoms with Crippen LogP contribution in [0.15, 0.2) is 36.9 Å². The molecule has 3 heterocycles. The number of alkyl halides is 2. The number of nitrogens with zero attached hydrogens (tertiary/aromatic N) is 5. The first kappa shape index (κ1) is 16.6. The van der Waals surface area contributed by atoms with E-state index in [0.717, 1.165) is 5.56 Å². The zero-order valence-corrected chi connectivity index (χ0v) is 13.1. The molecular weight excluding hydrogens is 334 g/mol. The Balaban J connectivity index is 1.95. The van der Waals surface area contributed by atoms with E-state index in [1.54, 1.807) is 16.9 Å². The average molecular weight is 348 g/mol. The number of anilines is 1. The van der Waals surface area contributed by atoms with Crippen molar-refractivity contribution < 1.29 is 18.3 Å². The number of halogens is 2. The summed E-state index contributed by atoms with van der Waals surface area (Å²) in [4.78, 5) is 11.9. The van der Waals surface area contributed by atoms with E-state index in [-0.39, 0.29) is 11.8 Å². The molecule has 0 bridgehead atoms. The van der Waals surface area contributed by atoms with Crippen molar-refractivity contribution in [2.45, 2.75) is 13.2 Å². The van der Waals surface area contributed by atoms with E-state index in [4.69, 9.17) is 10.5 Å². The Hall–Kier alpha value is -3.30. The first-order valence-electron chi connectivity index (χ1n) is 7.14. The van der Waals surface area contributed by atoms with E-state index in [2.05, 4.69) is 24.8 Å². The topological polar surface area (TPSA) is 101 Å². The third kappa shape index (κ3) is 3.97. The van der Waals surface area contributed by atoms with Crippen LogP contribution in [0.3, 0.4) is 0 Å². The molecule has 0 aliphatic rings. The minimum Gasteiger partial charge on any atom is -0.481 e. The Morgan fingerprint density at radius 3 is 2.76 bits per heavy atom. The Labute approximate surface area is 141 Å². The summed E-state index contributed by atoms with van der Waals surface area (Å²) in [6.07, 6.45) is 4.50. The van der Waals surface area contributed by atoms with Crippen molar-refractivity contribution >= 4 is 5.95 Å². The Morgan fingerprint density at radius 2 is 2.08 bits per heavy atom. The normalized spacial score (nSPS) is 10.9. The van der Waals surface area contributed by atoms with Gasteiger partial charge in [0.2, 0.25) is 17.7 Å². The highest BCUT2D eigenvalue weighted by Crippen LogP contribution is 2.30. The minimum absolute atomic E-state index is 0.171. The van der Waals surface area contributed by atoms with Crippen molar-refractivity contribution in [2.24, 2.45) is 0 Å². The maximum Gasteiger partial charge on any atom is 0.388 e. The van der Waals surface area contributed by atoms with E-state index in [0.29, 0.717) is 23.6 Å². The lowest BCUT2D eigenvalue weighted by molar-refractivity contribution is -0.0528. The lowest BCUT2D eigenvalue weighted by atomic mass is 10.1.